The van der Waals surface area contributed by atoms with Crippen molar-refractivity contribution in [3.8, 4) is 0 Å². The maximum absolute atomic E-state index is 12.5. The molecule has 1 rings (SSSR count). The van der Waals surface area contributed by atoms with Crippen LogP contribution in [0.5, 0.6) is 0 Å². The maximum atomic E-state index is 12.5. The third-order valence-corrected chi connectivity index (χ3v) is 4.13. The van der Waals surface area contributed by atoms with Crippen molar-refractivity contribution in [1.82, 2.24) is 9.80 Å². The number of carbonyl (C=O) groups excluding carboxylic acids is 2. The number of nitrogens with two attached hydrogens (primary N) is 1. The van der Waals surface area contributed by atoms with E-state index >= 15 is 0 Å². The first-order chi connectivity index (χ1) is 8.98. The first kappa shape index (κ1) is 16.0. The number of carbonyl (C=O) groups is 2. The smallest absolute Gasteiger partial charge is 0.242 e. The molecule has 2 N–H and O–H groups in total. The third kappa shape index (κ3) is 3.69. The van der Waals surface area contributed by atoms with Crippen LogP contribution in [0.15, 0.2) is 0 Å². The molecular weight excluding hydrogens is 242 g/mol. The summed E-state index contributed by atoms with van der Waals surface area (Å²) in [4.78, 5) is 27.9. The molecule has 2 amide bonds. The van der Waals surface area contributed by atoms with Crippen molar-refractivity contribution in [2.75, 3.05) is 26.2 Å². The van der Waals surface area contributed by atoms with E-state index in [-0.39, 0.29) is 11.8 Å². The van der Waals surface area contributed by atoms with Crippen LogP contribution in [0, 0.1) is 0 Å². The molecule has 0 radical (unpaired) electrons. The lowest BCUT2D eigenvalue weighted by molar-refractivity contribution is -0.138. The summed E-state index contributed by atoms with van der Waals surface area (Å²) in [5.41, 5.74) is 5.42. The Morgan fingerprint density at radius 1 is 1.00 bits per heavy atom. The van der Waals surface area contributed by atoms with Gasteiger partial charge in [-0.1, -0.05) is 20.8 Å². The molecule has 1 aliphatic rings. The van der Waals surface area contributed by atoms with Crippen LogP contribution in [0.3, 0.4) is 0 Å². The molecule has 0 bridgehead atoms. The van der Waals surface area contributed by atoms with Gasteiger partial charge < -0.3 is 15.5 Å². The van der Waals surface area contributed by atoms with Crippen LogP contribution in [0.2, 0.25) is 0 Å². The largest absolute Gasteiger partial charge is 0.341 e. The predicted molar refractivity (Wildman–Crippen MR) is 75.6 cm³/mol. The molecule has 1 heterocycles. The number of hydrogen-bond donors (Lipinski definition) is 1. The highest BCUT2D eigenvalue weighted by molar-refractivity contribution is 5.86. The summed E-state index contributed by atoms with van der Waals surface area (Å²) < 4.78 is 0. The molecule has 0 saturated carbocycles. The third-order valence-electron chi connectivity index (χ3n) is 4.13. The van der Waals surface area contributed by atoms with Crippen LogP contribution < -0.4 is 5.73 Å². The van der Waals surface area contributed by atoms with E-state index in [0.717, 1.165) is 13.0 Å². The van der Waals surface area contributed by atoms with Crippen molar-refractivity contribution in [2.45, 2.75) is 52.0 Å². The molecule has 1 fully saturated rings. The van der Waals surface area contributed by atoms with Crippen molar-refractivity contribution in [2.24, 2.45) is 5.73 Å². The Bertz CT molecular complexity index is 327. The molecule has 19 heavy (non-hydrogen) atoms. The zero-order valence-corrected chi connectivity index (χ0v) is 12.4. The van der Waals surface area contributed by atoms with Crippen LogP contribution in [0.4, 0.5) is 0 Å². The van der Waals surface area contributed by atoms with Crippen molar-refractivity contribution in [3.63, 3.8) is 0 Å². The van der Waals surface area contributed by atoms with Gasteiger partial charge in [-0.15, -0.1) is 0 Å². The molecule has 0 aromatic heterocycles. The molecule has 1 aliphatic heterocycles. The Hall–Kier alpha value is -1.10. The van der Waals surface area contributed by atoms with E-state index in [0.29, 0.717) is 38.9 Å². The van der Waals surface area contributed by atoms with Crippen LogP contribution in [0.25, 0.3) is 0 Å². The normalized spacial score (nSPS) is 17.3. The second-order valence-electron chi connectivity index (χ2n) is 5.24. The Balaban J connectivity index is 2.67. The van der Waals surface area contributed by atoms with E-state index in [9.17, 15) is 9.59 Å². The molecule has 5 heteroatoms. The fourth-order valence-corrected chi connectivity index (χ4v) is 2.46. The molecule has 0 unspecified atom stereocenters. The van der Waals surface area contributed by atoms with Gasteiger partial charge in [0.25, 0.3) is 0 Å². The van der Waals surface area contributed by atoms with Gasteiger partial charge in [0.2, 0.25) is 11.8 Å². The molecule has 0 aliphatic carbocycles. The predicted octanol–water partition coefficient (Wildman–Crippen LogP) is 0.975. The molecule has 0 spiro atoms. The first-order valence-electron chi connectivity index (χ1n) is 7.34. The highest BCUT2D eigenvalue weighted by Gasteiger charge is 2.34. The van der Waals surface area contributed by atoms with E-state index in [4.69, 9.17) is 5.73 Å². The van der Waals surface area contributed by atoms with Crippen molar-refractivity contribution >= 4 is 11.8 Å². The zero-order chi connectivity index (χ0) is 14.5. The van der Waals surface area contributed by atoms with E-state index in [2.05, 4.69) is 0 Å². The van der Waals surface area contributed by atoms with Gasteiger partial charge in [-0.3, -0.25) is 9.59 Å². The molecule has 0 aromatic rings. The standard InChI is InChI=1S/C14H27N3O2/c1-4-12(18)16-8-7-9-17(11-10-16)13(19)14(15,5-2)6-3/h4-11,15H2,1-3H3. The van der Waals surface area contributed by atoms with Gasteiger partial charge in [-0.2, -0.15) is 0 Å². The zero-order valence-electron chi connectivity index (χ0n) is 12.4. The minimum Gasteiger partial charge on any atom is -0.341 e. The maximum Gasteiger partial charge on any atom is 0.242 e. The summed E-state index contributed by atoms with van der Waals surface area (Å²) in [6.07, 6.45) is 2.66. The van der Waals surface area contributed by atoms with Gasteiger partial charge in [0.05, 0.1) is 5.54 Å². The van der Waals surface area contributed by atoms with Gasteiger partial charge in [-0.25, -0.2) is 0 Å². The molecular formula is C14H27N3O2. The van der Waals surface area contributed by atoms with Crippen molar-refractivity contribution in [1.29, 1.82) is 0 Å². The monoisotopic (exact) mass is 269 g/mol. The summed E-state index contributed by atoms with van der Waals surface area (Å²) in [5, 5.41) is 0. The minimum absolute atomic E-state index is 0.0308. The van der Waals surface area contributed by atoms with E-state index < -0.39 is 5.54 Å². The number of hydrogen-bond acceptors (Lipinski definition) is 3. The molecule has 1 saturated heterocycles. The van der Waals surface area contributed by atoms with Crippen LogP contribution in [-0.4, -0.2) is 53.3 Å². The lowest BCUT2D eigenvalue weighted by Gasteiger charge is -2.32. The summed E-state index contributed by atoms with van der Waals surface area (Å²) in [6.45, 7) is 8.44. The van der Waals surface area contributed by atoms with Gasteiger partial charge in [0.1, 0.15) is 0 Å². The van der Waals surface area contributed by atoms with Crippen LogP contribution in [-0.2, 0) is 9.59 Å². The lowest BCUT2D eigenvalue weighted by Crippen LogP contribution is -2.55. The Morgan fingerprint density at radius 2 is 1.53 bits per heavy atom. The Kier molecular flexibility index (Phi) is 5.79. The lowest BCUT2D eigenvalue weighted by atomic mass is 9.92. The summed E-state index contributed by atoms with van der Waals surface area (Å²) in [7, 11) is 0. The first-order valence-corrected chi connectivity index (χ1v) is 7.34. The highest BCUT2D eigenvalue weighted by Crippen LogP contribution is 2.17. The molecule has 0 aromatic carbocycles. The van der Waals surface area contributed by atoms with Gasteiger partial charge in [0.15, 0.2) is 0 Å². The highest BCUT2D eigenvalue weighted by atomic mass is 16.2. The average Bonchev–Trinajstić information content (AvgIpc) is 2.70. The van der Waals surface area contributed by atoms with E-state index in [1.807, 2.05) is 30.6 Å². The van der Waals surface area contributed by atoms with Gasteiger partial charge >= 0.3 is 0 Å². The van der Waals surface area contributed by atoms with E-state index in [1.165, 1.54) is 0 Å². The fraction of sp³-hybridized carbons (Fsp3) is 0.857. The quantitative estimate of drug-likeness (QED) is 0.827. The number of nitrogens with zero attached hydrogens (tertiary/aromatic N) is 2. The second kappa shape index (κ2) is 6.89. The SMILES string of the molecule is CCC(=O)N1CCCN(C(=O)C(N)(CC)CC)CC1. The van der Waals surface area contributed by atoms with Crippen LogP contribution in [0.1, 0.15) is 46.5 Å². The average molecular weight is 269 g/mol. The summed E-state index contributed by atoms with van der Waals surface area (Å²) >= 11 is 0. The summed E-state index contributed by atoms with van der Waals surface area (Å²) in [6, 6.07) is 0. The number of rotatable bonds is 4. The Labute approximate surface area is 116 Å². The molecule has 110 valence electrons. The van der Waals surface area contributed by atoms with Crippen molar-refractivity contribution in [3.05, 3.63) is 0 Å². The van der Waals surface area contributed by atoms with E-state index in [1.54, 1.807) is 0 Å². The van der Waals surface area contributed by atoms with Crippen molar-refractivity contribution < 1.29 is 9.59 Å². The fourth-order valence-electron chi connectivity index (χ4n) is 2.46. The molecule has 5 nitrogen and oxygen atoms in total. The topological polar surface area (TPSA) is 66.6 Å². The van der Waals surface area contributed by atoms with Crippen LogP contribution >= 0.6 is 0 Å². The minimum atomic E-state index is -0.746. The van der Waals surface area contributed by atoms with Gasteiger partial charge in [-0.05, 0) is 19.3 Å². The number of amides is 2. The Morgan fingerprint density at radius 3 is 2.05 bits per heavy atom. The summed E-state index contributed by atoms with van der Waals surface area (Å²) in [5.74, 6) is 0.197. The molecule has 0 atom stereocenters. The van der Waals surface area contributed by atoms with Gasteiger partial charge in [0, 0.05) is 32.6 Å². The second-order valence-corrected chi connectivity index (χ2v) is 5.24.